The molecule has 1 saturated carbocycles. The number of amides is 2. The first kappa shape index (κ1) is 30.7. The van der Waals surface area contributed by atoms with E-state index >= 15 is 0 Å². The number of anilines is 2. The molecule has 6 nitrogen and oxygen atoms in total. The number of hydrogen-bond donors (Lipinski definition) is 2. The molecule has 0 heterocycles. The fraction of sp³-hybridized carbons (Fsp3) is 0.200. The van der Waals surface area contributed by atoms with Crippen molar-refractivity contribution in [1.29, 1.82) is 0 Å². The second kappa shape index (κ2) is 11.2. The zero-order valence-corrected chi connectivity index (χ0v) is 24.3. The molecule has 0 radical (unpaired) electrons. The van der Waals surface area contributed by atoms with Crippen LogP contribution in [0.5, 0.6) is 0 Å². The van der Waals surface area contributed by atoms with Crippen molar-refractivity contribution >= 4 is 91.0 Å². The van der Waals surface area contributed by atoms with Crippen LogP contribution in [0.2, 0.25) is 15.1 Å². The predicted molar refractivity (Wildman–Crippen MR) is 150 cm³/mol. The van der Waals surface area contributed by atoms with Crippen LogP contribution in [0.3, 0.4) is 0 Å². The maximum absolute atomic E-state index is 13.0. The molecule has 15 heteroatoms. The van der Waals surface area contributed by atoms with E-state index in [0.29, 0.717) is 15.6 Å². The molecule has 0 saturated heterocycles. The minimum atomic E-state index is -4.90. The lowest BCUT2D eigenvalue weighted by Gasteiger charge is -2.11. The zero-order chi connectivity index (χ0) is 29.6. The van der Waals surface area contributed by atoms with E-state index < -0.39 is 54.6 Å². The Hall–Kier alpha value is -2.21. The topological polar surface area (TPSA) is 92.3 Å². The largest absolute Gasteiger partial charge is 0.403 e. The molecular formula is C25H16Cl5F3N2O4S. The SMILES string of the molecule is O=C(Nc1ccc(S(=O)(=O)CC(F)(F)F)cc1)c1cc(NC(=O)[C@H]2[C@H](c3cc(Cl)cc(Cl)c3)C2(Cl)Cl)ccc1Cl. The molecule has 3 aromatic carbocycles. The molecule has 4 rings (SSSR count). The van der Waals surface area contributed by atoms with E-state index in [1.165, 1.54) is 24.3 Å². The number of nitrogens with one attached hydrogen (secondary N) is 2. The van der Waals surface area contributed by atoms with Crippen LogP contribution in [-0.2, 0) is 14.6 Å². The highest BCUT2D eigenvalue weighted by molar-refractivity contribution is 7.91. The van der Waals surface area contributed by atoms with E-state index in [4.69, 9.17) is 58.0 Å². The van der Waals surface area contributed by atoms with Crippen LogP contribution in [0.15, 0.2) is 65.6 Å². The number of sulfone groups is 1. The minimum absolute atomic E-state index is 0.0294. The Bertz CT molecular complexity index is 1580. The van der Waals surface area contributed by atoms with Crippen molar-refractivity contribution in [3.63, 3.8) is 0 Å². The summed E-state index contributed by atoms with van der Waals surface area (Å²) in [6.07, 6.45) is -4.90. The lowest BCUT2D eigenvalue weighted by atomic mass is 10.1. The zero-order valence-electron chi connectivity index (χ0n) is 19.7. The van der Waals surface area contributed by atoms with Gasteiger partial charge in [-0.25, -0.2) is 8.42 Å². The molecule has 0 spiro atoms. The van der Waals surface area contributed by atoms with E-state index in [9.17, 15) is 31.2 Å². The summed E-state index contributed by atoms with van der Waals surface area (Å²) in [5.74, 6) is -4.72. The van der Waals surface area contributed by atoms with E-state index in [-0.39, 0.29) is 22.0 Å². The van der Waals surface area contributed by atoms with Crippen molar-refractivity contribution in [2.24, 2.45) is 5.92 Å². The highest BCUT2D eigenvalue weighted by Gasteiger charge is 2.67. The third kappa shape index (κ3) is 6.98. The summed E-state index contributed by atoms with van der Waals surface area (Å²) < 4.78 is 60.0. The number of carbonyl (C=O) groups is 2. The number of hydrogen-bond acceptors (Lipinski definition) is 4. The van der Waals surface area contributed by atoms with Crippen LogP contribution >= 0.6 is 58.0 Å². The molecule has 0 bridgehead atoms. The molecule has 1 aliphatic carbocycles. The van der Waals surface area contributed by atoms with Gasteiger partial charge in [-0.15, -0.1) is 23.2 Å². The second-order valence-electron chi connectivity index (χ2n) is 8.87. The molecule has 0 aliphatic heterocycles. The average molecular weight is 675 g/mol. The van der Waals surface area contributed by atoms with Gasteiger partial charge in [-0.2, -0.15) is 13.2 Å². The first-order valence-electron chi connectivity index (χ1n) is 11.1. The van der Waals surface area contributed by atoms with E-state index in [1.807, 2.05) is 0 Å². The Morgan fingerprint density at radius 3 is 2.00 bits per heavy atom. The first-order valence-corrected chi connectivity index (χ1v) is 14.7. The van der Waals surface area contributed by atoms with Crippen molar-refractivity contribution in [3.05, 3.63) is 86.9 Å². The third-order valence-corrected chi connectivity index (χ3v) is 9.29. The van der Waals surface area contributed by atoms with Gasteiger partial charge in [0.25, 0.3) is 5.91 Å². The van der Waals surface area contributed by atoms with Crippen molar-refractivity contribution < 1.29 is 31.2 Å². The lowest BCUT2D eigenvalue weighted by Crippen LogP contribution is -2.22. The van der Waals surface area contributed by atoms with Gasteiger partial charge >= 0.3 is 6.18 Å². The summed E-state index contributed by atoms with van der Waals surface area (Å²) in [7, 11) is -4.61. The normalized spacial score (nSPS) is 18.2. The molecule has 3 aromatic rings. The highest BCUT2D eigenvalue weighted by Crippen LogP contribution is 2.65. The van der Waals surface area contributed by atoms with E-state index in [1.54, 1.807) is 12.1 Å². The van der Waals surface area contributed by atoms with Gasteiger partial charge in [0, 0.05) is 27.3 Å². The fourth-order valence-corrected chi connectivity index (χ4v) is 6.79. The highest BCUT2D eigenvalue weighted by atomic mass is 35.5. The van der Waals surface area contributed by atoms with Crippen LogP contribution in [0, 0.1) is 5.92 Å². The van der Waals surface area contributed by atoms with Gasteiger partial charge < -0.3 is 10.6 Å². The van der Waals surface area contributed by atoms with Gasteiger partial charge in [0.2, 0.25) is 5.91 Å². The summed E-state index contributed by atoms with van der Waals surface area (Å²) >= 11 is 31.0. The van der Waals surface area contributed by atoms with Crippen LogP contribution in [-0.4, -0.2) is 36.5 Å². The molecule has 212 valence electrons. The lowest BCUT2D eigenvalue weighted by molar-refractivity contribution is -0.117. The van der Waals surface area contributed by atoms with Crippen LogP contribution in [0.25, 0.3) is 0 Å². The number of alkyl halides is 5. The predicted octanol–water partition coefficient (Wildman–Crippen LogP) is 7.76. The fourth-order valence-electron chi connectivity index (χ4n) is 4.06. The minimum Gasteiger partial charge on any atom is -0.326 e. The summed E-state index contributed by atoms with van der Waals surface area (Å²) in [6, 6.07) is 13.0. The number of carbonyl (C=O) groups excluding carboxylic acids is 2. The first-order chi connectivity index (χ1) is 18.5. The van der Waals surface area contributed by atoms with Gasteiger partial charge in [0.15, 0.2) is 15.6 Å². The van der Waals surface area contributed by atoms with Gasteiger partial charge in [0.1, 0.15) is 4.33 Å². The van der Waals surface area contributed by atoms with Gasteiger partial charge in [0.05, 0.1) is 21.4 Å². The van der Waals surface area contributed by atoms with Crippen molar-refractivity contribution in [2.45, 2.75) is 21.3 Å². The second-order valence-corrected chi connectivity index (χ2v) is 13.6. The Labute approximate surface area is 251 Å². The van der Waals surface area contributed by atoms with E-state index in [2.05, 4.69) is 10.6 Å². The van der Waals surface area contributed by atoms with Gasteiger partial charge in [-0.1, -0.05) is 34.8 Å². The van der Waals surface area contributed by atoms with Gasteiger partial charge in [-0.05, 0) is 66.2 Å². The van der Waals surface area contributed by atoms with Crippen LogP contribution < -0.4 is 10.6 Å². The number of benzene rings is 3. The Balaban J connectivity index is 1.46. The molecule has 2 atom stereocenters. The molecular weight excluding hydrogens is 659 g/mol. The summed E-state index contributed by atoms with van der Waals surface area (Å²) in [5, 5.41) is 5.85. The molecule has 1 aliphatic rings. The molecule has 0 unspecified atom stereocenters. The van der Waals surface area contributed by atoms with Crippen LogP contribution in [0.1, 0.15) is 21.8 Å². The average Bonchev–Trinajstić information content (AvgIpc) is 3.40. The Kier molecular flexibility index (Phi) is 8.63. The molecule has 2 amide bonds. The van der Waals surface area contributed by atoms with Gasteiger partial charge in [-0.3, -0.25) is 9.59 Å². The van der Waals surface area contributed by atoms with Crippen molar-refractivity contribution in [1.82, 2.24) is 0 Å². The number of halogens is 8. The molecule has 2 N–H and O–H groups in total. The third-order valence-electron chi connectivity index (χ3n) is 5.88. The molecule has 40 heavy (non-hydrogen) atoms. The van der Waals surface area contributed by atoms with Crippen molar-refractivity contribution in [3.8, 4) is 0 Å². The number of rotatable bonds is 7. The van der Waals surface area contributed by atoms with Crippen molar-refractivity contribution in [2.75, 3.05) is 16.4 Å². The summed E-state index contributed by atoms with van der Waals surface area (Å²) in [4.78, 5) is 25.3. The monoisotopic (exact) mass is 672 g/mol. The quantitative estimate of drug-likeness (QED) is 0.251. The maximum Gasteiger partial charge on any atom is 0.403 e. The Morgan fingerprint density at radius 1 is 0.850 bits per heavy atom. The van der Waals surface area contributed by atoms with Crippen LogP contribution in [0.4, 0.5) is 24.5 Å². The standard InChI is InChI=1S/C25H16Cl5F3N2O4S/c26-13-7-12(8-14(27)9-13)20-21(25(20,29)30)23(37)35-16-3-6-19(28)18(10-16)22(36)34-15-1-4-17(5-2-15)40(38,39)11-24(31,32)33/h1-10,20-21H,11H2,(H,34,36)(H,35,37)/t20-,21+/m0/s1. The summed E-state index contributed by atoms with van der Waals surface area (Å²) in [6.45, 7) is 0. The smallest absolute Gasteiger partial charge is 0.326 e. The maximum atomic E-state index is 13.0. The molecule has 1 fully saturated rings. The molecule has 0 aromatic heterocycles. The Morgan fingerprint density at radius 2 is 1.43 bits per heavy atom. The van der Waals surface area contributed by atoms with E-state index in [0.717, 1.165) is 24.3 Å². The summed E-state index contributed by atoms with van der Waals surface area (Å²) in [5.41, 5.74) is 0.824.